The molecule has 0 radical (unpaired) electrons. The molecule has 1 aliphatic rings. The summed E-state index contributed by atoms with van der Waals surface area (Å²) in [5.74, 6) is 0. The van der Waals surface area contributed by atoms with Crippen LogP contribution in [0, 0.1) is 0 Å². The van der Waals surface area contributed by atoms with Gasteiger partial charge >= 0.3 is 0 Å². The summed E-state index contributed by atoms with van der Waals surface area (Å²) in [5.41, 5.74) is 1.99. The first-order chi connectivity index (χ1) is 7.86. The molecule has 16 heavy (non-hydrogen) atoms. The van der Waals surface area contributed by atoms with Gasteiger partial charge in [0.1, 0.15) is 0 Å². The van der Waals surface area contributed by atoms with Crippen molar-refractivity contribution in [1.29, 1.82) is 0 Å². The Morgan fingerprint density at radius 1 is 1.56 bits per heavy atom. The Kier molecular flexibility index (Phi) is 3.74. The molecule has 88 valence electrons. The Labute approximate surface area is 95.9 Å². The van der Waals surface area contributed by atoms with Crippen LogP contribution in [0.1, 0.15) is 18.4 Å². The molecule has 1 aromatic rings. The summed E-state index contributed by atoms with van der Waals surface area (Å²) in [7, 11) is 1.71. The lowest BCUT2D eigenvalue weighted by atomic mass is 10.2. The molecule has 4 heteroatoms. The van der Waals surface area contributed by atoms with Crippen molar-refractivity contribution in [2.75, 3.05) is 25.2 Å². The second-order valence-electron chi connectivity index (χ2n) is 4.08. The molecule has 1 heterocycles. The van der Waals surface area contributed by atoms with Gasteiger partial charge in [-0.25, -0.2) is 0 Å². The van der Waals surface area contributed by atoms with Gasteiger partial charge in [0, 0.05) is 43.3 Å². The molecule has 1 fully saturated rings. The summed E-state index contributed by atoms with van der Waals surface area (Å²) in [4.78, 5) is 6.36. The number of aliphatic hydroxyl groups is 1. The van der Waals surface area contributed by atoms with E-state index in [9.17, 15) is 5.11 Å². The van der Waals surface area contributed by atoms with E-state index in [2.05, 4.69) is 9.88 Å². The molecule has 1 N–H and O–H groups in total. The predicted octanol–water partition coefficient (Wildman–Crippen LogP) is 1.19. The fourth-order valence-electron chi connectivity index (χ4n) is 1.90. The normalized spacial score (nSPS) is 15.1. The highest BCUT2D eigenvalue weighted by atomic mass is 16.5. The summed E-state index contributed by atoms with van der Waals surface area (Å²) in [6.07, 6.45) is 5.97. The Hall–Kier alpha value is -1.13. The first kappa shape index (κ1) is 11.4. The van der Waals surface area contributed by atoms with Crippen molar-refractivity contribution in [3.63, 3.8) is 0 Å². The molecule has 1 saturated carbocycles. The number of nitrogens with zero attached hydrogens (tertiary/aromatic N) is 2. The molecule has 2 rings (SSSR count). The van der Waals surface area contributed by atoms with Gasteiger partial charge in [0.05, 0.1) is 13.2 Å². The summed E-state index contributed by atoms with van der Waals surface area (Å²) in [6.45, 7) is 1.63. The van der Waals surface area contributed by atoms with Gasteiger partial charge in [-0.2, -0.15) is 0 Å². The van der Waals surface area contributed by atoms with Gasteiger partial charge in [-0.05, 0) is 18.9 Å². The minimum atomic E-state index is 0.0410. The van der Waals surface area contributed by atoms with Crippen LogP contribution in [0.25, 0.3) is 0 Å². The molecule has 0 spiro atoms. The number of hydrogen-bond acceptors (Lipinski definition) is 4. The van der Waals surface area contributed by atoms with Crippen LogP contribution in [-0.4, -0.2) is 36.4 Å². The van der Waals surface area contributed by atoms with Crippen molar-refractivity contribution in [2.45, 2.75) is 25.5 Å². The highest BCUT2D eigenvalue weighted by Crippen LogP contribution is 2.32. The van der Waals surface area contributed by atoms with Gasteiger partial charge in [-0.3, -0.25) is 4.98 Å². The van der Waals surface area contributed by atoms with Crippen LogP contribution in [0.2, 0.25) is 0 Å². The minimum absolute atomic E-state index is 0.0410. The quantitative estimate of drug-likeness (QED) is 0.785. The molecular weight excluding hydrogens is 204 g/mol. The summed E-state index contributed by atoms with van der Waals surface area (Å²) < 4.78 is 5.13. The van der Waals surface area contributed by atoms with Crippen LogP contribution < -0.4 is 4.90 Å². The van der Waals surface area contributed by atoms with Crippen LogP contribution in [-0.2, 0) is 11.3 Å². The van der Waals surface area contributed by atoms with Crippen molar-refractivity contribution >= 4 is 5.69 Å². The molecule has 0 unspecified atom stereocenters. The van der Waals surface area contributed by atoms with Crippen LogP contribution >= 0.6 is 0 Å². The zero-order chi connectivity index (χ0) is 11.4. The third kappa shape index (κ3) is 2.51. The number of ether oxygens (including phenoxy) is 1. The van der Waals surface area contributed by atoms with Crippen LogP contribution in [0.15, 0.2) is 18.5 Å². The first-order valence-electron chi connectivity index (χ1n) is 5.66. The fourth-order valence-corrected chi connectivity index (χ4v) is 1.90. The van der Waals surface area contributed by atoms with E-state index in [0.29, 0.717) is 12.6 Å². The van der Waals surface area contributed by atoms with Crippen molar-refractivity contribution in [1.82, 2.24) is 4.98 Å². The van der Waals surface area contributed by atoms with Crippen molar-refractivity contribution in [2.24, 2.45) is 0 Å². The van der Waals surface area contributed by atoms with Crippen LogP contribution in [0.5, 0.6) is 0 Å². The number of hydrogen-bond donors (Lipinski definition) is 1. The Morgan fingerprint density at radius 2 is 2.38 bits per heavy atom. The molecule has 0 atom stereocenters. The predicted molar refractivity (Wildman–Crippen MR) is 62.4 cm³/mol. The first-order valence-corrected chi connectivity index (χ1v) is 5.66. The number of pyridine rings is 1. The molecular formula is C12H18N2O2. The highest BCUT2D eigenvalue weighted by Gasteiger charge is 2.29. The van der Waals surface area contributed by atoms with E-state index in [1.54, 1.807) is 19.5 Å². The van der Waals surface area contributed by atoms with Crippen molar-refractivity contribution in [3.8, 4) is 0 Å². The van der Waals surface area contributed by atoms with E-state index in [4.69, 9.17) is 4.74 Å². The second kappa shape index (κ2) is 5.27. The number of anilines is 1. The third-order valence-corrected chi connectivity index (χ3v) is 2.88. The lowest BCUT2D eigenvalue weighted by Gasteiger charge is -2.26. The third-order valence-electron chi connectivity index (χ3n) is 2.88. The maximum atomic E-state index is 9.30. The zero-order valence-corrected chi connectivity index (χ0v) is 9.59. The molecule has 0 amide bonds. The SMILES string of the molecule is COCCN(c1ccncc1CO)C1CC1. The fraction of sp³-hybridized carbons (Fsp3) is 0.583. The maximum Gasteiger partial charge on any atom is 0.0717 e. The zero-order valence-electron chi connectivity index (χ0n) is 9.59. The monoisotopic (exact) mass is 222 g/mol. The van der Waals surface area contributed by atoms with Gasteiger partial charge in [-0.1, -0.05) is 0 Å². The number of aliphatic hydroxyl groups excluding tert-OH is 1. The summed E-state index contributed by atoms with van der Waals surface area (Å²) in [5, 5.41) is 9.30. The van der Waals surface area contributed by atoms with E-state index in [-0.39, 0.29) is 6.61 Å². The van der Waals surface area contributed by atoms with Crippen LogP contribution in [0.3, 0.4) is 0 Å². The maximum absolute atomic E-state index is 9.30. The second-order valence-corrected chi connectivity index (χ2v) is 4.08. The smallest absolute Gasteiger partial charge is 0.0717 e. The highest BCUT2D eigenvalue weighted by molar-refractivity contribution is 5.53. The number of rotatable bonds is 6. The van der Waals surface area contributed by atoms with E-state index >= 15 is 0 Å². The van der Waals surface area contributed by atoms with Crippen LogP contribution in [0.4, 0.5) is 5.69 Å². The lowest BCUT2D eigenvalue weighted by molar-refractivity contribution is 0.204. The largest absolute Gasteiger partial charge is 0.392 e. The molecule has 0 aromatic carbocycles. The summed E-state index contributed by atoms with van der Waals surface area (Å²) >= 11 is 0. The number of aromatic nitrogens is 1. The topological polar surface area (TPSA) is 45.6 Å². The number of methoxy groups -OCH3 is 1. The molecule has 0 saturated heterocycles. The molecule has 1 aromatic heterocycles. The summed E-state index contributed by atoms with van der Waals surface area (Å²) in [6, 6.07) is 2.59. The van der Waals surface area contributed by atoms with E-state index < -0.39 is 0 Å². The van der Waals surface area contributed by atoms with E-state index in [0.717, 1.165) is 17.8 Å². The van der Waals surface area contributed by atoms with E-state index in [1.807, 2.05) is 6.07 Å². The molecule has 4 nitrogen and oxygen atoms in total. The average Bonchev–Trinajstić information content (AvgIpc) is 3.14. The van der Waals surface area contributed by atoms with Crippen molar-refractivity contribution < 1.29 is 9.84 Å². The van der Waals surface area contributed by atoms with E-state index in [1.165, 1.54) is 12.8 Å². The van der Waals surface area contributed by atoms with Gasteiger partial charge in [0.25, 0.3) is 0 Å². The minimum Gasteiger partial charge on any atom is -0.392 e. The van der Waals surface area contributed by atoms with Gasteiger partial charge in [0.2, 0.25) is 0 Å². The van der Waals surface area contributed by atoms with Crippen molar-refractivity contribution in [3.05, 3.63) is 24.0 Å². The van der Waals surface area contributed by atoms with Gasteiger partial charge < -0.3 is 14.7 Å². The Balaban J connectivity index is 2.16. The Bertz CT molecular complexity index is 340. The molecule has 0 bridgehead atoms. The standard InChI is InChI=1S/C12H18N2O2/c1-16-7-6-14(11-2-3-11)12-4-5-13-8-10(12)9-15/h4-5,8,11,15H,2-3,6-7,9H2,1H3. The van der Waals surface area contributed by atoms with Gasteiger partial charge in [-0.15, -0.1) is 0 Å². The molecule has 1 aliphatic carbocycles. The Morgan fingerprint density at radius 3 is 3.00 bits per heavy atom. The molecule has 0 aliphatic heterocycles. The average molecular weight is 222 g/mol. The van der Waals surface area contributed by atoms with Gasteiger partial charge in [0.15, 0.2) is 0 Å². The lowest BCUT2D eigenvalue weighted by Crippen LogP contribution is -2.30.